The van der Waals surface area contributed by atoms with Crippen molar-refractivity contribution in [3.8, 4) is 11.8 Å². The largest absolute Gasteiger partial charge is 0.471 e. The second-order valence-corrected chi connectivity index (χ2v) is 7.91. The molecule has 1 fully saturated rings. The van der Waals surface area contributed by atoms with Crippen LogP contribution in [0.5, 0.6) is 0 Å². The van der Waals surface area contributed by atoms with Crippen LogP contribution in [0, 0.1) is 28.6 Å². The van der Waals surface area contributed by atoms with Gasteiger partial charge in [-0.3, -0.25) is 20.4 Å². The molecule has 3 atom stereocenters. The Hall–Kier alpha value is -3.29. The molecule has 32 heavy (non-hydrogen) atoms. The predicted octanol–water partition coefficient (Wildman–Crippen LogP) is 2.14. The number of hydrazine groups is 1. The maximum Gasteiger partial charge on any atom is 0.340 e. The molecule has 172 valence electrons. The molecule has 2 unspecified atom stereocenters. The van der Waals surface area contributed by atoms with Crippen LogP contribution >= 0.6 is 0 Å². The van der Waals surface area contributed by atoms with Gasteiger partial charge in [-0.2, -0.15) is 8.78 Å². The van der Waals surface area contributed by atoms with E-state index in [9.17, 15) is 27.2 Å². The summed E-state index contributed by atoms with van der Waals surface area (Å²) >= 11 is 0. The van der Waals surface area contributed by atoms with Gasteiger partial charge in [-0.15, -0.1) is 0 Å². The Labute approximate surface area is 182 Å². The van der Waals surface area contributed by atoms with E-state index in [-0.39, 0.29) is 29.8 Å². The highest BCUT2D eigenvalue weighted by Crippen LogP contribution is 2.48. The summed E-state index contributed by atoms with van der Waals surface area (Å²) in [5.41, 5.74) is 5.29. The van der Waals surface area contributed by atoms with Gasteiger partial charge >= 0.3 is 12.3 Å². The lowest BCUT2D eigenvalue weighted by Gasteiger charge is -2.34. The number of fused-ring (bicyclic) bond motifs is 1. The zero-order valence-corrected chi connectivity index (χ0v) is 17.6. The van der Waals surface area contributed by atoms with Crippen LogP contribution in [0.25, 0.3) is 0 Å². The first kappa shape index (κ1) is 23.4. The number of allylic oxidation sites excluding steroid dienone is 2. The molecule has 3 rings (SSSR count). The molecule has 3 N–H and O–H groups in total. The third kappa shape index (κ3) is 4.09. The van der Waals surface area contributed by atoms with E-state index in [4.69, 9.17) is 10.1 Å². The van der Waals surface area contributed by atoms with Crippen molar-refractivity contribution < 1.29 is 31.9 Å². The molecular formula is C21H22F4N4O3. The molecule has 0 bridgehead atoms. The van der Waals surface area contributed by atoms with Crippen LogP contribution in [0.3, 0.4) is 0 Å². The number of rotatable bonds is 7. The summed E-state index contributed by atoms with van der Waals surface area (Å²) in [5.74, 6) is -0.704. The smallest absolute Gasteiger partial charge is 0.340 e. The number of ketones is 1. The number of nitrogens with zero attached hydrogens (tertiary/aromatic N) is 1. The summed E-state index contributed by atoms with van der Waals surface area (Å²) in [4.78, 5) is 25.6. The van der Waals surface area contributed by atoms with Gasteiger partial charge in [-0.1, -0.05) is 12.2 Å². The van der Waals surface area contributed by atoms with Gasteiger partial charge in [0, 0.05) is 19.0 Å². The Bertz CT molecular complexity index is 1010. The molecule has 2 heterocycles. The van der Waals surface area contributed by atoms with Gasteiger partial charge in [0.15, 0.2) is 6.61 Å². The van der Waals surface area contributed by atoms with E-state index in [1.54, 1.807) is 37.0 Å². The Morgan fingerprint density at radius 1 is 1.41 bits per heavy atom. The Balaban J connectivity index is 1.73. The third-order valence-electron chi connectivity index (χ3n) is 5.65. The summed E-state index contributed by atoms with van der Waals surface area (Å²) in [7, 11) is 0. The van der Waals surface area contributed by atoms with E-state index in [1.807, 2.05) is 0 Å². The molecular weight excluding hydrogens is 432 g/mol. The number of nitrogens with one attached hydrogen (secondary N) is 3. The fraction of sp³-hybridized carbons (Fsp3) is 0.476. The highest BCUT2D eigenvalue weighted by Gasteiger charge is 2.57. The molecule has 7 nitrogen and oxygen atoms in total. The fourth-order valence-electron chi connectivity index (χ4n) is 3.67. The lowest BCUT2D eigenvalue weighted by molar-refractivity contribution is -0.159. The van der Waals surface area contributed by atoms with Crippen molar-refractivity contribution >= 4 is 17.4 Å². The third-order valence-corrected chi connectivity index (χ3v) is 5.65. The first-order valence-electron chi connectivity index (χ1n) is 9.74. The van der Waals surface area contributed by atoms with Gasteiger partial charge in [0.05, 0.1) is 28.8 Å². The lowest BCUT2D eigenvalue weighted by Crippen LogP contribution is -2.46. The van der Waals surface area contributed by atoms with Crippen LogP contribution in [0.2, 0.25) is 0 Å². The van der Waals surface area contributed by atoms with E-state index in [1.165, 1.54) is 6.92 Å². The number of carbonyl (C=O) groups is 2. The second kappa shape index (κ2) is 8.33. The van der Waals surface area contributed by atoms with Crippen molar-refractivity contribution in [1.29, 1.82) is 5.41 Å². The number of ether oxygens (including phenoxy) is 1. The molecule has 0 aromatic carbocycles. The standard InChI is InChI=1S/C21H22F4N4O3/c1-11-8-15(27-28-17(11)32-10-21(24,25)19(22)23)13(3)29-9-20(7-6-14(20)18(29)31)16(26)5-4-12(2)30/h6-8,13-14,19,26-28H,9-10H2,1-3H3/t13?,14?,20-/m0/s1. The number of hydrogen-bond donors (Lipinski definition) is 3. The van der Waals surface area contributed by atoms with Crippen molar-refractivity contribution in [2.45, 2.75) is 39.2 Å². The summed E-state index contributed by atoms with van der Waals surface area (Å²) in [6.07, 6.45) is 1.15. The maximum absolute atomic E-state index is 13.1. The quantitative estimate of drug-likeness (QED) is 0.180. The molecule has 3 aliphatic rings. The topological polar surface area (TPSA) is 94.5 Å². The number of likely N-dealkylation sites (tertiary alicyclic amines) is 1. The van der Waals surface area contributed by atoms with Crippen molar-refractivity contribution in [1.82, 2.24) is 15.8 Å². The average Bonchev–Trinajstić information content (AvgIpc) is 2.89. The van der Waals surface area contributed by atoms with E-state index >= 15 is 0 Å². The summed E-state index contributed by atoms with van der Waals surface area (Å²) < 4.78 is 55.6. The van der Waals surface area contributed by atoms with Crippen LogP contribution in [-0.2, 0) is 14.3 Å². The summed E-state index contributed by atoms with van der Waals surface area (Å²) in [5, 5.41) is 8.27. The van der Waals surface area contributed by atoms with Crippen molar-refractivity contribution in [3.63, 3.8) is 0 Å². The van der Waals surface area contributed by atoms with Crippen molar-refractivity contribution in [2.24, 2.45) is 11.3 Å². The van der Waals surface area contributed by atoms with Crippen molar-refractivity contribution in [2.75, 3.05) is 13.2 Å². The molecule has 1 aliphatic carbocycles. The average molecular weight is 454 g/mol. The van der Waals surface area contributed by atoms with Gasteiger partial charge in [-0.25, -0.2) is 8.78 Å². The molecule has 0 aromatic heterocycles. The van der Waals surface area contributed by atoms with Crippen molar-refractivity contribution in [3.05, 3.63) is 35.4 Å². The summed E-state index contributed by atoms with van der Waals surface area (Å²) in [6, 6.07) is -0.494. The van der Waals surface area contributed by atoms with E-state index < -0.39 is 36.3 Å². The van der Waals surface area contributed by atoms with Crippen LogP contribution in [0.4, 0.5) is 17.6 Å². The predicted molar refractivity (Wildman–Crippen MR) is 106 cm³/mol. The number of Topliss-reactive ketones (excluding diaryl/α,β-unsaturated/α-hetero) is 1. The van der Waals surface area contributed by atoms with Crippen LogP contribution in [0.15, 0.2) is 35.4 Å². The van der Waals surface area contributed by atoms with E-state index in [0.717, 1.165) is 0 Å². The van der Waals surface area contributed by atoms with Crippen LogP contribution < -0.4 is 10.9 Å². The fourth-order valence-corrected chi connectivity index (χ4v) is 3.67. The van der Waals surface area contributed by atoms with E-state index in [2.05, 4.69) is 22.7 Å². The Morgan fingerprint density at radius 3 is 2.62 bits per heavy atom. The first-order valence-corrected chi connectivity index (χ1v) is 9.74. The van der Waals surface area contributed by atoms with Gasteiger partial charge < -0.3 is 15.1 Å². The summed E-state index contributed by atoms with van der Waals surface area (Å²) in [6.45, 7) is 3.27. The molecule has 0 aromatic rings. The van der Waals surface area contributed by atoms with Gasteiger partial charge in [-0.05, 0) is 31.8 Å². The van der Waals surface area contributed by atoms with Gasteiger partial charge in [0.25, 0.3) is 0 Å². The second-order valence-electron chi connectivity index (χ2n) is 7.91. The molecule has 11 heteroatoms. The SMILES string of the molecule is CC(=O)C#CC(=N)[C@]12C=CC1C(=O)N(C(C)C1=CC(C)=C(OCC(F)(F)C(F)F)NN1)C2. The number of carbonyl (C=O) groups excluding carboxylic acids is 2. The number of halogens is 4. The number of alkyl halides is 4. The molecule has 1 amide bonds. The first-order chi connectivity index (χ1) is 14.9. The molecule has 0 spiro atoms. The highest BCUT2D eigenvalue weighted by molar-refractivity contribution is 6.13. The number of amides is 1. The minimum absolute atomic E-state index is 0.0151. The molecule has 0 saturated carbocycles. The van der Waals surface area contributed by atoms with Gasteiger partial charge in [0.1, 0.15) is 0 Å². The minimum atomic E-state index is -4.29. The normalized spacial score (nSPS) is 25.1. The van der Waals surface area contributed by atoms with E-state index in [0.29, 0.717) is 11.3 Å². The van der Waals surface area contributed by atoms with Gasteiger partial charge in [0.2, 0.25) is 17.6 Å². The zero-order valence-electron chi connectivity index (χ0n) is 17.6. The Morgan fingerprint density at radius 2 is 2.09 bits per heavy atom. The zero-order chi connectivity index (χ0) is 23.8. The van der Waals surface area contributed by atoms with Crippen LogP contribution in [-0.4, -0.2) is 53.8 Å². The Kier molecular flexibility index (Phi) is 6.09. The molecule has 0 radical (unpaired) electrons. The maximum atomic E-state index is 13.1. The monoisotopic (exact) mass is 454 g/mol. The van der Waals surface area contributed by atoms with Crippen LogP contribution in [0.1, 0.15) is 20.8 Å². The highest BCUT2D eigenvalue weighted by atomic mass is 19.3. The number of hydrogen-bond acceptors (Lipinski definition) is 6. The molecule has 1 saturated heterocycles. The molecule has 2 aliphatic heterocycles. The minimum Gasteiger partial charge on any atom is -0.471 e. The lowest BCUT2D eigenvalue weighted by atomic mass is 9.66.